The lowest BCUT2D eigenvalue weighted by Gasteiger charge is -2.06. The molecule has 4 rings (SSSR count). The summed E-state index contributed by atoms with van der Waals surface area (Å²) in [5.41, 5.74) is 2.33. The number of ether oxygens (including phenoxy) is 2. The van der Waals surface area contributed by atoms with E-state index in [2.05, 4.69) is 4.99 Å². The molecule has 0 radical (unpaired) electrons. The largest absolute Gasteiger partial charge is 0.489 e. The first-order chi connectivity index (χ1) is 14.1. The molecule has 0 bridgehead atoms. The fourth-order valence-corrected chi connectivity index (χ4v) is 2.85. The van der Waals surface area contributed by atoms with Crippen LogP contribution in [0.1, 0.15) is 16.7 Å². The van der Waals surface area contributed by atoms with Gasteiger partial charge in [-0.1, -0.05) is 41.9 Å². The summed E-state index contributed by atoms with van der Waals surface area (Å²) in [6, 6.07) is 20.4. The number of esters is 1. The summed E-state index contributed by atoms with van der Waals surface area (Å²) in [6.45, 7) is 0.422. The van der Waals surface area contributed by atoms with Crippen LogP contribution in [0.25, 0.3) is 6.08 Å². The summed E-state index contributed by atoms with van der Waals surface area (Å²) >= 11 is 5.87. The van der Waals surface area contributed by atoms with E-state index in [0.29, 0.717) is 22.9 Å². The molecule has 1 aliphatic rings. The molecule has 0 N–H and O–H groups in total. The fraction of sp³-hybridized carbons (Fsp3) is 0.0435. The standard InChI is InChI=1S/C23H15ClFNO3/c24-18-8-4-16(5-9-18)14-28-20-10-6-15(7-11-20)12-21-23(27)29-22(26-21)17-2-1-3-19(25)13-17/h1-13H,14H2. The number of aliphatic imine (C=N–C) groups is 1. The number of nitrogens with zero attached hydrogens (tertiary/aromatic N) is 1. The quantitative estimate of drug-likeness (QED) is 0.420. The number of halogens is 2. The van der Waals surface area contributed by atoms with Gasteiger partial charge in [0.25, 0.3) is 0 Å². The zero-order valence-electron chi connectivity index (χ0n) is 15.1. The van der Waals surface area contributed by atoms with E-state index in [-0.39, 0.29) is 11.6 Å². The van der Waals surface area contributed by atoms with Crippen molar-refractivity contribution in [3.8, 4) is 5.75 Å². The van der Waals surface area contributed by atoms with Gasteiger partial charge in [-0.15, -0.1) is 0 Å². The topological polar surface area (TPSA) is 47.9 Å². The van der Waals surface area contributed by atoms with E-state index in [1.165, 1.54) is 18.2 Å². The molecule has 0 amide bonds. The third kappa shape index (κ3) is 4.70. The minimum atomic E-state index is -0.577. The Morgan fingerprint density at radius 3 is 2.52 bits per heavy atom. The van der Waals surface area contributed by atoms with E-state index in [0.717, 1.165) is 11.1 Å². The zero-order valence-corrected chi connectivity index (χ0v) is 15.9. The highest BCUT2D eigenvalue weighted by atomic mass is 35.5. The Hall–Kier alpha value is -3.44. The molecule has 3 aromatic rings. The van der Waals surface area contributed by atoms with E-state index in [4.69, 9.17) is 21.1 Å². The van der Waals surface area contributed by atoms with Crippen molar-refractivity contribution in [1.82, 2.24) is 0 Å². The third-order valence-corrected chi connectivity index (χ3v) is 4.45. The van der Waals surface area contributed by atoms with Gasteiger partial charge in [-0.05, 0) is 59.7 Å². The molecule has 0 saturated carbocycles. The molecule has 3 aromatic carbocycles. The average Bonchev–Trinajstić information content (AvgIpc) is 3.09. The Balaban J connectivity index is 1.45. The van der Waals surface area contributed by atoms with Gasteiger partial charge in [-0.25, -0.2) is 14.2 Å². The maximum absolute atomic E-state index is 13.4. The number of hydrogen-bond donors (Lipinski definition) is 0. The molecule has 4 nitrogen and oxygen atoms in total. The van der Waals surface area contributed by atoms with Crippen LogP contribution in [0.3, 0.4) is 0 Å². The predicted molar refractivity (Wildman–Crippen MR) is 109 cm³/mol. The van der Waals surface area contributed by atoms with Crippen molar-refractivity contribution in [2.75, 3.05) is 0 Å². The molecule has 1 aliphatic heterocycles. The normalized spacial score (nSPS) is 14.6. The highest BCUT2D eigenvalue weighted by Gasteiger charge is 2.24. The number of rotatable bonds is 5. The molecule has 0 aromatic heterocycles. The molecule has 0 aliphatic carbocycles. The van der Waals surface area contributed by atoms with Gasteiger partial charge in [-0.3, -0.25) is 0 Å². The van der Waals surface area contributed by atoms with Crippen LogP contribution in [-0.2, 0) is 16.1 Å². The zero-order chi connectivity index (χ0) is 20.2. The first-order valence-corrected chi connectivity index (χ1v) is 9.20. The monoisotopic (exact) mass is 407 g/mol. The van der Waals surface area contributed by atoms with Gasteiger partial charge >= 0.3 is 5.97 Å². The van der Waals surface area contributed by atoms with Crippen LogP contribution in [0, 0.1) is 5.82 Å². The number of carbonyl (C=O) groups is 1. The number of cyclic esters (lactones) is 1. The second-order valence-electron chi connectivity index (χ2n) is 6.33. The summed E-state index contributed by atoms with van der Waals surface area (Å²) in [6.07, 6.45) is 1.61. The van der Waals surface area contributed by atoms with Crippen LogP contribution in [-0.4, -0.2) is 11.9 Å². The van der Waals surface area contributed by atoms with Crippen molar-refractivity contribution in [3.63, 3.8) is 0 Å². The fourth-order valence-electron chi connectivity index (χ4n) is 2.72. The molecule has 144 valence electrons. The van der Waals surface area contributed by atoms with E-state index < -0.39 is 11.8 Å². The van der Waals surface area contributed by atoms with Gasteiger partial charge in [0.15, 0.2) is 5.70 Å². The van der Waals surface area contributed by atoms with Crippen molar-refractivity contribution in [1.29, 1.82) is 0 Å². The minimum absolute atomic E-state index is 0.0867. The maximum Gasteiger partial charge on any atom is 0.363 e. The van der Waals surface area contributed by atoms with Gasteiger partial charge in [0, 0.05) is 10.6 Å². The van der Waals surface area contributed by atoms with Gasteiger partial charge in [0.05, 0.1) is 0 Å². The van der Waals surface area contributed by atoms with Crippen molar-refractivity contribution < 1.29 is 18.7 Å². The highest BCUT2D eigenvalue weighted by Crippen LogP contribution is 2.21. The molecule has 0 unspecified atom stereocenters. The molecular formula is C23H15ClFNO3. The lowest BCUT2D eigenvalue weighted by molar-refractivity contribution is -0.129. The molecule has 29 heavy (non-hydrogen) atoms. The van der Waals surface area contributed by atoms with Crippen LogP contribution in [0.5, 0.6) is 5.75 Å². The van der Waals surface area contributed by atoms with Crippen LogP contribution in [0.4, 0.5) is 4.39 Å². The smallest absolute Gasteiger partial charge is 0.363 e. The van der Waals surface area contributed by atoms with Crippen molar-refractivity contribution >= 4 is 29.5 Å². The number of hydrogen-bond acceptors (Lipinski definition) is 4. The van der Waals surface area contributed by atoms with Crippen LogP contribution >= 0.6 is 11.6 Å². The van der Waals surface area contributed by atoms with Crippen LogP contribution < -0.4 is 4.74 Å². The number of benzene rings is 3. The molecule has 0 fully saturated rings. The maximum atomic E-state index is 13.4. The Bertz CT molecular complexity index is 1110. The number of carbonyl (C=O) groups excluding carboxylic acids is 1. The van der Waals surface area contributed by atoms with E-state index in [1.807, 2.05) is 36.4 Å². The van der Waals surface area contributed by atoms with Gasteiger partial charge in [-0.2, -0.15) is 0 Å². The highest BCUT2D eigenvalue weighted by molar-refractivity contribution is 6.30. The van der Waals surface area contributed by atoms with Crippen LogP contribution in [0.15, 0.2) is 83.5 Å². The molecule has 6 heteroatoms. The summed E-state index contributed by atoms with van der Waals surface area (Å²) in [7, 11) is 0. The third-order valence-electron chi connectivity index (χ3n) is 4.19. The molecule has 0 atom stereocenters. The molecule has 1 heterocycles. The lowest BCUT2D eigenvalue weighted by Crippen LogP contribution is -2.05. The Morgan fingerprint density at radius 2 is 1.79 bits per heavy atom. The first-order valence-electron chi connectivity index (χ1n) is 8.83. The SMILES string of the molecule is O=C1OC(c2cccc(F)c2)=NC1=Cc1ccc(OCc2ccc(Cl)cc2)cc1. The predicted octanol–water partition coefficient (Wildman–Crippen LogP) is 5.40. The van der Waals surface area contributed by atoms with Crippen molar-refractivity contribution in [2.45, 2.75) is 6.61 Å². The Labute approximate surface area is 171 Å². The van der Waals surface area contributed by atoms with E-state index >= 15 is 0 Å². The van der Waals surface area contributed by atoms with E-state index in [9.17, 15) is 9.18 Å². The molecular weight excluding hydrogens is 393 g/mol. The summed E-state index contributed by atoms with van der Waals surface area (Å²) in [4.78, 5) is 16.2. The summed E-state index contributed by atoms with van der Waals surface area (Å²) in [5.74, 6) is -0.219. The van der Waals surface area contributed by atoms with Crippen molar-refractivity contribution in [3.05, 3.63) is 106 Å². The Kier molecular flexibility index (Phi) is 5.40. The first kappa shape index (κ1) is 18.9. The van der Waals surface area contributed by atoms with Gasteiger partial charge < -0.3 is 9.47 Å². The lowest BCUT2D eigenvalue weighted by atomic mass is 10.2. The minimum Gasteiger partial charge on any atom is -0.489 e. The second-order valence-corrected chi connectivity index (χ2v) is 6.77. The summed E-state index contributed by atoms with van der Waals surface area (Å²) < 4.78 is 24.3. The van der Waals surface area contributed by atoms with Gasteiger partial charge in [0.1, 0.15) is 18.2 Å². The van der Waals surface area contributed by atoms with Gasteiger partial charge in [0.2, 0.25) is 5.90 Å². The second kappa shape index (κ2) is 8.29. The van der Waals surface area contributed by atoms with Crippen molar-refractivity contribution in [2.24, 2.45) is 4.99 Å². The van der Waals surface area contributed by atoms with E-state index in [1.54, 1.807) is 24.3 Å². The Morgan fingerprint density at radius 1 is 1.03 bits per heavy atom. The molecule has 0 spiro atoms. The average molecular weight is 408 g/mol. The van der Waals surface area contributed by atoms with Crippen LogP contribution in [0.2, 0.25) is 5.02 Å². The summed E-state index contributed by atoms with van der Waals surface area (Å²) in [5, 5.41) is 0.680. The molecule has 0 saturated heterocycles.